The molecule has 2 fully saturated rings. The summed E-state index contributed by atoms with van der Waals surface area (Å²) in [7, 11) is 3.48. The Bertz CT molecular complexity index is 777. The zero-order chi connectivity index (χ0) is 18.3. The van der Waals surface area contributed by atoms with Crippen molar-refractivity contribution < 1.29 is 14.2 Å². The summed E-state index contributed by atoms with van der Waals surface area (Å²) in [5.74, 6) is 1.31. The molecule has 26 heavy (non-hydrogen) atoms. The summed E-state index contributed by atoms with van der Waals surface area (Å²) in [5, 5.41) is 11.6. The quantitative estimate of drug-likeness (QED) is 0.912. The van der Waals surface area contributed by atoms with Gasteiger partial charge in [0.05, 0.1) is 7.11 Å². The summed E-state index contributed by atoms with van der Waals surface area (Å²) in [6, 6.07) is 5.03. The molecule has 2 heterocycles. The summed E-state index contributed by atoms with van der Waals surface area (Å²) in [5.41, 5.74) is -0.211. The van der Waals surface area contributed by atoms with Crippen molar-refractivity contribution in [1.29, 1.82) is 0 Å². The van der Waals surface area contributed by atoms with E-state index in [1.807, 2.05) is 17.8 Å². The van der Waals surface area contributed by atoms with E-state index in [2.05, 4.69) is 9.88 Å². The van der Waals surface area contributed by atoms with E-state index < -0.39 is 5.60 Å². The molecule has 2 bridgehead atoms. The summed E-state index contributed by atoms with van der Waals surface area (Å²) < 4.78 is 21.4. The minimum Gasteiger partial charge on any atom is -0.497 e. The number of halogens is 1. The third-order valence-corrected chi connectivity index (χ3v) is 6.14. The van der Waals surface area contributed by atoms with Gasteiger partial charge in [0.1, 0.15) is 23.0 Å². The molecule has 1 saturated carbocycles. The Kier molecular flexibility index (Phi) is 4.49. The fraction of sp³-hybridized carbons (Fsp3) is 0.550. The van der Waals surface area contributed by atoms with Crippen molar-refractivity contribution >= 4 is 0 Å². The van der Waals surface area contributed by atoms with Crippen LogP contribution in [0.3, 0.4) is 0 Å². The second kappa shape index (κ2) is 6.67. The lowest BCUT2D eigenvalue weighted by molar-refractivity contribution is -0.155. The highest BCUT2D eigenvalue weighted by molar-refractivity contribution is 5.29. The first-order valence-electron chi connectivity index (χ1n) is 9.27. The number of aromatic nitrogens is 2. The van der Waals surface area contributed by atoms with E-state index >= 15 is 0 Å². The minimum atomic E-state index is -0.883. The Morgan fingerprint density at radius 3 is 2.62 bits per heavy atom. The predicted octanol–water partition coefficient (Wildman–Crippen LogP) is 2.69. The van der Waals surface area contributed by atoms with Crippen molar-refractivity contribution in [3.63, 3.8) is 0 Å². The number of ether oxygens (including phenoxy) is 1. The van der Waals surface area contributed by atoms with Crippen LogP contribution in [0.25, 0.3) is 0 Å². The highest BCUT2D eigenvalue weighted by Gasteiger charge is 2.53. The molecule has 1 aliphatic heterocycles. The second-order valence-electron chi connectivity index (χ2n) is 7.66. The van der Waals surface area contributed by atoms with Crippen LogP contribution in [-0.4, -0.2) is 39.8 Å². The molecule has 1 aromatic heterocycles. The first kappa shape index (κ1) is 17.5. The number of likely N-dealkylation sites (tertiary alicyclic amines) is 1. The molecule has 140 valence electrons. The van der Waals surface area contributed by atoms with Gasteiger partial charge in [0.15, 0.2) is 0 Å². The van der Waals surface area contributed by atoms with Gasteiger partial charge >= 0.3 is 0 Å². The molecule has 2 atom stereocenters. The molecular formula is C20H26FN3O2. The maximum atomic E-state index is 14.3. The number of nitrogens with zero attached hydrogens (tertiary/aromatic N) is 3. The average molecular weight is 359 g/mol. The topological polar surface area (TPSA) is 50.5 Å². The predicted molar refractivity (Wildman–Crippen MR) is 96.2 cm³/mol. The van der Waals surface area contributed by atoms with Crippen LogP contribution in [0.1, 0.15) is 30.7 Å². The largest absolute Gasteiger partial charge is 0.497 e. The first-order valence-corrected chi connectivity index (χ1v) is 9.27. The monoisotopic (exact) mass is 359 g/mol. The lowest BCUT2D eigenvalue weighted by Gasteiger charge is -2.52. The van der Waals surface area contributed by atoms with Gasteiger partial charge in [-0.1, -0.05) is 12.5 Å². The molecule has 1 aliphatic carbocycles. The van der Waals surface area contributed by atoms with Gasteiger partial charge in [0, 0.05) is 62.5 Å². The van der Waals surface area contributed by atoms with Crippen molar-refractivity contribution in [1.82, 2.24) is 14.5 Å². The molecule has 0 unspecified atom stereocenters. The van der Waals surface area contributed by atoms with E-state index in [0.717, 1.165) is 38.2 Å². The molecule has 1 aromatic carbocycles. The average Bonchev–Trinajstić information content (AvgIpc) is 3.04. The van der Waals surface area contributed by atoms with Gasteiger partial charge in [-0.15, -0.1) is 0 Å². The van der Waals surface area contributed by atoms with E-state index in [1.54, 1.807) is 25.4 Å². The standard InChI is InChI=1S/C20H26FN3O2/c1-23-9-8-22-19(23)20(25)15-4-3-5-16(20)13-24(12-15)11-14-6-7-17(26-2)10-18(14)21/h6-10,15-16,25H,3-5,11-13H2,1-2H3/t15-,16-/m1/s1. The van der Waals surface area contributed by atoms with Crippen LogP contribution in [0.5, 0.6) is 5.75 Å². The number of aliphatic hydroxyl groups is 1. The number of hydrogen-bond donors (Lipinski definition) is 1. The van der Waals surface area contributed by atoms with Crippen LogP contribution in [-0.2, 0) is 19.2 Å². The summed E-state index contributed by atoms with van der Waals surface area (Å²) in [6.07, 6.45) is 6.72. The normalized spacial score (nSPS) is 28.9. The van der Waals surface area contributed by atoms with Crippen LogP contribution in [0.15, 0.2) is 30.6 Å². The highest BCUT2D eigenvalue weighted by atomic mass is 19.1. The molecule has 1 saturated heterocycles. The van der Waals surface area contributed by atoms with Gasteiger partial charge in [0.2, 0.25) is 0 Å². The molecule has 1 N–H and O–H groups in total. The number of fused-ring (bicyclic) bond motifs is 2. The van der Waals surface area contributed by atoms with Crippen LogP contribution in [0.4, 0.5) is 4.39 Å². The zero-order valence-electron chi connectivity index (χ0n) is 15.4. The van der Waals surface area contributed by atoms with E-state index in [1.165, 1.54) is 6.07 Å². The number of imidazole rings is 1. The van der Waals surface area contributed by atoms with E-state index in [-0.39, 0.29) is 17.7 Å². The van der Waals surface area contributed by atoms with Crippen molar-refractivity contribution in [3.8, 4) is 5.75 Å². The highest BCUT2D eigenvalue weighted by Crippen LogP contribution is 2.48. The second-order valence-corrected chi connectivity index (χ2v) is 7.66. The Morgan fingerprint density at radius 1 is 1.31 bits per heavy atom. The number of hydrogen-bond acceptors (Lipinski definition) is 4. The van der Waals surface area contributed by atoms with E-state index in [0.29, 0.717) is 17.9 Å². The van der Waals surface area contributed by atoms with Gasteiger partial charge < -0.3 is 14.4 Å². The lowest BCUT2D eigenvalue weighted by Crippen LogP contribution is -2.58. The van der Waals surface area contributed by atoms with Crippen LogP contribution in [0.2, 0.25) is 0 Å². The molecule has 4 rings (SSSR count). The van der Waals surface area contributed by atoms with Crippen molar-refractivity contribution in [2.45, 2.75) is 31.4 Å². The number of aryl methyl sites for hydroxylation is 1. The Balaban J connectivity index is 1.56. The fourth-order valence-electron chi connectivity index (χ4n) is 4.81. The van der Waals surface area contributed by atoms with Crippen LogP contribution in [0, 0.1) is 17.7 Å². The summed E-state index contributed by atoms with van der Waals surface area (Å²) in [4.78, 5) is 6.73. The molecule has 2 aliphatic rings. The van der Waals surface area contributed by atoms with Gasteiger partial charge in [-0.2, -0.15) is 0 Å². The summed E-state index contributed by atoms with van der Waals surface area (Å²) >= 11 is 0. The fourth-order valence-corrected chi connectivity index (χ4v) is 4.81. The molecule has 5 nitrogen and oxygen atoms in total. The maximum absolute atomic E-state index is 14.3. The van der Waals surface area contributed by atoms with Gasteiger partial charge in [-0.05, 0) is 18.9 Å². The van der Waals surface area contributed by atoms with Crippen molar-refractivity contribution in [2.75, 3.05) is 20.2 Å². The van der Waals surface area contributed by atoms with Gasteiger partial charge in [-0.25, -0.2) is 9.37 Å². The van der Waals surface area contributed by atoms with Gasteiger partial charge in [0.25, 0.3) is 0 Å². The van der Waals surface area contributed by atoms with E-state index in [9.17, 15) is 9.50 Å². The van der Waals surface area contributed by atoms with Crippen LogP contribution < -0.4 is 4.74 Å². The lowest BCUT2D eigenvalue weighted by atomic mass is 9.65. The number of methoxy groups -OCH3 is 1. The molecule has 0 amide bonds. The van der Waals surface area contributed by atoms with Gasteiger partial charge in [-0.3, -0.25) is 4.90 Å². The first-order chi connectivity index (χ1) is 12.5. The Morgan fingerprint density at radius 2 is 2.04 bits per heavy atom. The SMILES string of the molecule is COc1ccc(CN2C[C@H]3CCC[C@H](C2)C3(O)c2nccn2C)c(F)c1. The van der Waals surface area contributed by atoms with Crippen LogP contribution >= 0.6 is 0 Å². The molecular weight excluding hydrogens is 333 g/mol. The van der Waals surface area contributed by atoms with Crippen molar-refractivity contribution in [2.24, 2.45) is 18.9 Å². The Hall–Kier alpha value is -1.92. The minimum absolute atomic E-state index is 0.123. The molecule has 2 aromatic rings. The third-order valence-electron chi connectivity index (χ3n) is 6.14. The van der Waals surface area contributed by atoms with E-state index in [4.69, 9.17) is 4.74 Å². The Labute approximate surface area is 153 Å². The summed E-state index contributed by atoms with van der Waals surface area (Å²) in [6.45, 7) is 2.07. The number of benzene rings is 1. The number of piperidine rings is 1. The maximum Gasteiger partial charge on any atom is 0.141 e. The molecule has 6 heteroatoms. The third kappa shape index (κ3) is 2.81. The molecule has 0 spiro atoms. The molecule has 0 radical (unpaired) electrons. The smallest absolute Gasteiger partial charge is 0.141 e. The zero-order valence-corrected chi connectivity index (χ0v) is 15.4. The van der Waals surface area contributed by atoms with Crippen molar-refractivity contribution in [3.05, 3.63) is 47.8 Å². The number of rotatable bonds is 4.